The lowest BCUT2D eigenvalue weighted by Gasteiger charge is -2.40. The number of nitrogens with zero attached hydrogens (tertiary/aromatic N) is 3. The lowest BCUT2D eigenvalue weighted by Crippen LogP contribution is -2.59. The number of benzene rings is 3. The van der Waals surface area contributed by atoms with Gasteiger partial charge in [-0.25, -0.2) is 0 Å². The fourth-order valence-electron chi connectivity index (χ4n) is 8.00. The molecule has 0 saturated carbocycles. The number of anilines is 2. The van der Waals surface area contributed by atoms with Gasteiger partial charge < -0.3 is 24.5 Å². The topological polar surface area (TPSA) is 90.4 Å². The van der Waals surface area contributed by atoms with Crippen molar-refractivity contribution in [1.82, 2.24) is 4.90 Å². The standard InChI is InChI=1S/C37H36ClN3O5/c1-24-12-9-17-28(38)31(24)40-21-11-19-37-30(29-33(43)39(26-15-7-4-8-16-26)20-10-18-36(29,2)46-37)34(44)41(32(37)35(40)45)27(23-42)22-25-13-5-3-6-14-25/h3-19,27,29-30,32,42H,20-23H2,1-2H3/t27-,29-,30+,32?,36+,37+/m1/s1. The number of para-hydroxylation sites is 2. The summed E-state index contributed by atoms with van der Waals surface area (Å²) in [5, 5.41) is 11.2. The van der Waals surface area contributed by atoms with E-state index in [9.17, 15) is 14.7 Å². The number of hydrogen-bond acceptors (Lipinski definition) is 5. The highest BCUT2D eigenvalue weighted by atomic mass is 35.5. The number of aliphatic hydroxyl groups is 1. The van der Waals surface area contributed by atoms with Crippen molar-refractivity contribution in [1.29, 1.82) is 0 Å². The molecule has 6 atom stereocenters. The molecule has 8 nitrogen and oxygen atoms in total. The lowest BCUT2D eigenvalue weighted by atomic mass is 9.74. The molecule has 1 N–H and O–H groups in total. The van der Waals surface area contributed by atoms with Crippen molar-refractivity contribution in [3.05, 3.63) is 119 Å². The maximum absolute atomic E-state index is 15.0. The van der Waals surface area contributed by atoms with E-state index < -0.39 is 35.1 Å². The minimum atomic E-state index is -1.47. The largest absolute Gasteiger partial charge is 0.394 e. The molecule has 2 saturated heterocycles. The van der Waals surface area contributed by atoms with E-state index >= 15 is 4.79 Å². The molecule has 0 radical (unpaired) electrons. The number of likely N-dealkylation sites (tertiary alicyclic amines) is 1. The molecule has 236 valence electrons. The summed E-state index contributed by atoms with van der Waals surface area (Å²) < 4.78 is 7.00. The van der Waals surface area contributed by atoms with Gasteiger partial charge in [0.1, 0.15) is 11.6 Å². The SMILES string of the molecule is Cc1cccc(Cl)c1N1CC=C[C@]23O[C@@]4(C)C=CCN(c5ccccc5)C(=O)[C@H]4[C@H]2C(=O)N([C@@H](CO)Cc2ccccc2)C3C1=O. The van der Waals surface area contributed by atoms with Crippen molar-refractivity contribution < 1.29 is 24.2 Å². The van der Waals surface area contributed by atoms with Crippen molar-refractivity contribution in [2.75, 3.05) is 29.5 Å². The Kier molecular flexibility index (Phi) is 7.62. The molecule has 4 aliphatic rings. The summed E-state index contributed by atoms with van der Waals surface area (Å²) in [4.78, 5) is 49.4. The van der Waals surface area contributed by atoms with E-state index in [1.54, 1.807) is 15.9 Å². The van der Waals surface area contributed by atoms with Crippen LogP contribution < -0.4 is 9.80 Å². The summed E-state index contributed by atoms with van der Waals surface area (Å²) in [6.45, 7) is 3.85. The Labute approximate surface area is 273 Å². The van der Waals surface area contributed by atoms with Crippen LogP contribution >= 0.6 is 11.6 Å². The molecule has 9 heteroatoms. The summed E-state index contributed by atoms with van der Waals surface area (Å²) in [5.74, 6) is -2.95. The van der Waals surface area contributed by atoms with Gasteiger partial charge in [-0.1, -0.05) is 96.6 Å². The highest BCUT2D eigenvalue weighted by Crippen LogP contribution is 2.58. The van der Waals surface area contributed by atoms with Gasteiger partial charge in [-0.3, -0.25) is 14.4 Å². The van der Waals surface area contributed by atoms with Crippen molar-refractivity contribution >= 4 is 40.7 Å². The Morgan fingerprint density at radius 3 is 2.22 bits per heavy atom. The van der Waals surface area contributed by atoms with Gasteiger partial charge in [0.15, 0.2) is 0 Å². The summed E-state index contributed by atoms with van der Waals surface area (Å²) in [7, 11) is 0. The molecule has 3 aromatic rings. The zero-order chi connectivity index (χ0) is 32.2. The first-order chi connectivity index (χ1) is 22.2. The van der Waals surface area contributed by atoms with Crippen molar-refractivity contribution in [3.63, 3.8) is 0 Å². The number of carbonyl (C=O) groups excluding carboxylic acids is 3. The van der Waals surface area contributed by atoms with Gasteiger partial charge in [-0.05, 0) is 49.6 Å². The first-order valence-corrected chi connectivity index (χ1v) is 16.0. The van der Waals surface area contributed by atoms with Crippen LogP contribution in [0.1, 0.15) is 18.1 Å². The molecule has 3 amide bonds. The summed E-state index contributed by atoms with van der Waals surface area (Å²) in [6.07, 6.45) is 7.74. The second-order valence-corrected chi connectivity index (χ2v) is 13.1. The Morgan fingerprint density at radius 2 is 1.52 bits per heavy atom. The third-order valence-electron chi connectivity index (χ3n) is 9.94. The molecule has 46 heavy (non-hydrogen) atoms. The van der Waals surface area contributed by atoms with E-state index in [1.165, 1.54) is 4.90 Å². The Morgan fingerprint density at radius 1 is 0.848 bits per heavy atom. The molecule has 0 bridgehead atoms. The maximum atomic E-state index is 15.0. The molecule has 0 aromatic heterocycles. The number of amides is 3. The molecule has 3 aromatic carbocycles. The van der Waals surface area contributed by atoms with Gasteiger partial charge in [0.25, 0.3) is 5.91 Å². The van der Waals surface area contributed by atoms with Crippen LogP contribution in [-0.4, -0.2) is 70.7 Å². The van der Waals surface area contributed by atoms with Gasteiger partial charge in [0.2, 0.25) is 11.8 Å². The Hall–Kier alpha value is -4.24. The number of aryl methyl sites for hydroxylation is 1. The first-order valence-electron chi connectivity index (χ1n) is 15.7. The predicted molar refractivity (Wildman–Crippen MR) is 176 cm³/mol. The Bertz CT molecular complexity index is 1730. The number of carbonyl (C=O) groups is 3. The molecule has 4 aliphatic heterocycles. The third-order valence-corrected chi connectivity index (χ3v) is 10.2. The number of ether oxygens (including phenoxy) is 1. The second-order valence-electron chi connectivity index (χ2n) is 12.7. The molecular weight excluding hydrogens is 602 g/mol. The zero-order valence-electron chi connectivity index (χ0n) is 25.8. The van der Waals surface area contributed by atoms with Gasteiger partial charge in [0, 0.05) is 18.8 Å². The zero-order valence-corrected chi connectivity index (χ0v) is 26.5. The van der Waals surface area contributed by atoms with E-state index in [0.717, 1.165) is 11.1 Å². The van der Waals surface area contributed by atoms with Crippen LogP contribution in [0.2, 0.25) is 5.02 Å². The minimum absolute atomic E-state index is 0.198. The van der Waals surface area contributed by atoms with Crippen molar-refractivity contribution in [2.45, 2.75) is 43.6 Å². The van der Waals surface area contributed by atoms with E-state index in [-0.39, 0.29) is 30.9 Å². The monoisotopic (exact) mass is 637 g/mol. The first kappa shape index (κ1) is 30.4. The van der Waals surface area contributed by atoms with Crippen LogP contribution in [0.25, 0.3) is 0 Å². The molecular formula is C37H36ClN3O5. The molecule has 4 heterocycles. The highest BCUT2D eigenvalue weighted by molar-refractivity contribution is 6.34. The normalized spacial score (nSPS) is 29.3. The highest BCUT2D eigenvalue weighted by Gasteiger charge is 2.75. The summed E-state index contributed by atoms with van der Waals surface area (Å²) in [5.41, 5.74) is 0.347. The molecule has 2 fully saturated rings. The maximum Gasteiger partial charge on any atom is 0.253 e. The number of hydrogen-bond donors (Lipinski definition) is 1. The number of halogens is 1. The van der Waals surface area contributed by atoms with Gasteiger partial charge >= 0.3 is 0 Å². The molecule has 1 spiro atoms. The minimum Gasteiger partial charge on any atom is -0.394 e. The van der Waals surface area contributed by atoms with Crippen LogP contribution in [0.15, 0.2) is 103 Å². The van der Waals surface area contributed by atoms with Gasteiger partial charge in [-0.15, -0.1) is 0 Å². The van der Waals surface area contributed by atoms with Crippen molar-refractivity contribution in [3.8, 4) is 0 Å². The number of rotatable bonds is 6. The van der Waals surface area contributed by atoms with E-state index in [4.69, 9.17) is 16.3 Å². The average Bonchev–Trinajstić information content (AvgIpc) is 3.33. The lowest BCUT2D eigenvalue weighted by molar-refractivity contribution is -0.148. The van der Waals surface area contributed by atoms with Crippen LogP contribution in [-0.2, 0) is 25.5 Å². The van der Waals surface area contributed by atoms with E-state index in [2.05, 4.69) is 0 Å². The van der Waals surface area contributed by atoms with Gasteiger partial charge in [0.05, 0.1) is 40.8 Å². The molecule has 0 aliphatic carbocycles. The predicted octanol–water partition coefficient (Wildman–Crippen LogP) is 4.73. The quantitative estimate of drug-likeness (QED) is 0.395. The Balaban J connectivity index is 1.39. The number of fused-ring (bicyclic) bond motifs is 2. The van der Waals surface area contributed by atoms with Crippen molar-refractivity contribution in [2.24, 2.45) is 11.8 Å². The van der Waals surface area contributed by atoms with Gasteiger partial charge in [-0.2, -0.15) is 0 Å². The summed E-state index contributed by atoms with van der Waals surface area (Å²) in [6, 6.07) is 22.5. The van der Waals surface area contributed by atoms with Crippen LogP contribution in [0.4, 0.5) is 11.4 Å². The third kappa shape index (κ3) is 4.62. The smallest absolute Gasteiger partial charge is 0.253 e. The average molecular weight is 638 g/mol. The van der Waals surface area contributed by atoms with Crippen LogP contribution in [0.5, 0.6) is 0 Å². The summed E-state index contributed by atoms with van der Waals surface area (Å²) >= 11 is 6.70. The van der Waals surface area contributed by atoms with Crippen LogP contribution in [0.3, 0.4) is 0 Å². The molecule has 1 unspecified atom stereocenters. The van der Waals surface area contributed by atoms with Crippen LogP contribution in [0, 0.1) is 18.8 Å². The van der Waals surface area contributed by atoms with E-state index in [0.29, 0.717) is 29.4 Å². The number of aliphatic hydroxyl groups excluding tert-OH is 1. The molecule has 7 rings (SSSR count). The fraction of sp³-hybridized carbons (Fsp3) is 0.324. The fourth-order valence-corrected chi connectivity index (χ4v) is 8.32. The second kappa shape index (κ2) is 11.5. The van der Waals surface area contributed by atoms with E-state index in [1.807, 2.05) is 111 Å².